The van der Waals surface area contributed by atoms with Gasteiger partial charge in [-0.15, -0.1) is 0 Å². The van der Waals surface area contributed by atoms with Gasteiger partial charge in [0.15, 0.2) is 17.5 Å². The summed E-state index contributed by atoms with van der Waals surface area (Å²) in [7, 11) is 5.82. The summed E-state index contributed by atoms with van der Waals surface area (Å²) in [5.74, 6) is 0.847. The molecule has 0 aliphatic rings. The van der Waals surface area contributed by atoms with Crippen LogP contribution in [0.25, 0.3) is 11.3 Å². The standard InChI is InChI=1S/C18H22N2O6/c1-6-13(18(22)26-5)20-16(21)8-7-12(19-20)11-9-14(23-2)17(25-4)15(10-11)24-3/h7-10,13H,6H2,1-5H3/t13-/m1/s1. The Hall–Kier alpha value is -3.03. The first-order valence-electron chi connectivity index (χ1n) is 7.98. The second-order valence-electron chi connectivity index (χ2n) is 5.36. The molecule has 0 bridgehead atoms. The fourth-order valence-electron chi connectivity index (χ4n) is 2.61. The molecule has 0 fully saturated rings. The number of methoxy groups -OCH3 is 4. The predicted octanol–water partition coefficient (Wildman–Crippen LogP) is 2.06. The lowest BCUT2D eigenvalue weighted by atomic mass is 10.1. The minimum atomic E-state index is -0.797. The van der Waals surface area contributed by atoms with Gasteiger partial charge in [0.05, 0.1) is 34.1 Å². The average Bonchev–Trinajstić information content (AvgIpc) is 2.68. The summed E-state index contributed by atoms with van der Waals surface area (Å²) in [4.78, 5) is 24.1. The van der Waals surface area contributed by atoms with Gasteiger partial charge in [-0.3, -0.25) is 4.79 Å². The zero-order valence-electron chi connectivity index (χ0n) is 15.4. The van der Waals surface area contributed by atoms with Crippen LogP contribution >= 0.6 is 0 Å². The van der Waals surface area contributed by atoms with Gasteiger partial charge in [-0.25, -0.2) is 9.48 Å². The van der Waals surface area contributed by atoms with E-state index in [9.17, 15) is 9.59 Å². The summed E-state index contributed by atoms with van der Waals surface area (Å²) in [6.45, 7) is 1.78. The van der Waals surface area contributed by atoms with Crippen molar-refractivity contribution in [1.29, 1.82) is 0 Å². The Kier molecular flexibility index (Phi) is 6.21. The number of carbonyl (C=O) groups is 1. The van der Waals surface area contributed by atoms with E-state index in [1.165, 1.54) is 34.5 Å². The number of hydrogen-bond acceptors (Lipinski definition) is 7. The first-order chi connectivity index (χ1) is 12.5. The van der Waals surface area contributed by atoms with E-state index in [2.05, 4.69) is 5.10 Å². The van der Waals surface area contributed by atoms with Gasteiger partial charge in [0, 0.05) is 11.6 Å². The van der Waals surface area contributed by atoms with Crippen LogP contribution in [0.1, 0.15) is 19.4 Å². The van der Waals surface area contributed by atoms with Gasteiger partial charge in [-0.1, -0.05) is 6.92 Å². The first-order valence-corrected chi connectivity index (χ1v) is 7.98. The highest BCUT2D eigenvalue weighted by molar-refractivity contribution is 5.74. The number of ether oxygens (including phenoxy) is 4. The third-order valence-corrected chi connectivity index (χ3v) is 3.94. The van der Waals surface area contributed by atoms with Crippen molar-refractivity contribution in [2.75, 3.05) is 28.4 Å². The first kappa shape index (κ1) is 19.3. The van der Waals surface area contributed by atoms with E-state index in [0.717, 1.165) is 4.68 Å². The molecule has 0 aliphatic carbocycles. The van der Waals surface area contributed by atoms with Gasteiger partial charge in [-0.2, -0.15) is 5.10 Å². The van der Waals surface area contributed by atoms with Crippen molar-refractivity contribution in [2.45, 2.75) is 19.4 Å². The van der Waals surface area contributed by atoms with Crippen LogP contribution < -0.4 is 19.8 Å². The van der Waals surface area contributed by atoms with Crippen molar-refractivity contribution in [2.24, 2.45) is 0 Å². The third-order valence-electron chi connectivity index (χ3n) is 3.94. The smallest absolute Gasteiger partial charge is 0.330 e. The van der Waals surface area contributed by atoms with E-state index in [0.29, 0.717) is 34.9 Å². The van der Waals surface area contributed by atoms with Crippen LogP contribution in [-0.4, -0.2) is 44.2 Å². The fraction of sp³-hybridized carbons (Fsp3) is 0.389. The molecule has 1 aromatic carbocycles. The Labute approximate surface area is 151 Å². The second-order valence-corrected chi connectivity index (χ2v) is 5.36. The maximum absolute atomic E-state index is 12.2. The van der Waals surface area contributed by atoms with Crippen molar-refractivity contribution in [1.82, 2.24) is 9.78 Å². The molecule has 0 unspecified atom stereocenters. The van der Waals surface area contributed by atoms with E-state index in [1.54, 1.807) is 25.1 Å². The lowest BCUT2D eigenvalue weighted by Gasteiger charge is -2.17. The number of benzene rings is 1. The minimum absolute atomic E-state index is 0.373. The number of carbonyl (C=O) groups excluding carboxylic acids is 1. The second kappa shape index (κ2) is 8.37. The normalized spacial score (nSPS) is 11.6. The van der Waals surface area contributed by atoms with Crippen molar-refractivity contribution in [3.05, 3.63) is 34.6 Å². The molecule has 140 valence electrons. The molecular formula is C18H22N2O6. The van der Waals surface area contributed by atoms with Crippen LogP contribution in [0, 0.1) is 0 Å². The van der Waals surface area contributed by atoms with E-state index in [1.807, 2.05) is 0 Å². The van der Waals surface area contributed by atoms with Crippen molar-refractivity contribution >= 4 is 5.97 Å². The molecule has 2 aromatic rings. The lowest BCUT2D eigenvalue weighted by molar-refractivity contribution is -0.145. The Morgan fingerprint density at radius 2 is 1.69 bits per heavy atom. The molecule has 0 radical (unpaired) electrons. The molecule has 1 atom stereocenters. The highest BCUT2D eigenvalue weighted by atomic mass is 16.5. The molecule has 0 aliphatic heterocycles. The summed E-state index contributed by atoms with van der Waals surface area (Å²) >= 11 is 0. The summed E-state index contributed by atoms with van der Waals surface area (Å²) in [6, 6.07) is 5.57. The predicted molar refractivity (Wildman–Crippen MR) is 94.9 cm³/mol. The van der Waals surface area contributed by atoms with Crippen LogP contribution in [0.3, 0.4) is 0 Å². The van der Waals surface area contributed by atoms with E-state index >= 15 is 0 Å². The van der Waals surface area contributed by atoms with Crippen molar-refractivity contribution < 1.29 is 23.7 Å². The van der Waals surface area contributed by atoms with Crippen LogP contribution in [0.15, 0.2) is 29.1 Å². The molecule has 1 heterocycles. The van der Waals surface area contributed by atoms with Gasteiger partial charge in [0.2, 0.25) is 5.75 Å². The summed E-state index contributed by atoms with van der Waals surface area (Å²) < 4.78 is 21.9. The van der Waals surface area contributed by atoms with Gasteiger partial charge in [0.25, 0.3) is 5.56 Å². The quantitative estimate of drug-likeness (QED) is 0.697. The summed E-state index contributed by atoms with van der Waals surface area (Å²) in [5.41, 5.74) is 0.734. The topological polar surface area (TPSA) is 88.9 Å². The average molecular weight is 362 g/mol. The molecule has 0 spiro atoms. The highest BCUT2D eigenvalue weighted by Crippen LogP contribution is 2.40. The van der Waals surface area contributed by atoms with Crippen LogP contribution in [0.2, 0.25) is 0 Å². The van der Waals surface area contributed by atoms with Crippen LogP contribution in [0.5, 0.6) is 17.2 Å². The molecule has 0 amide bonds. The van der Waals surface area contributed by atoms with E-state index in [-0.39, 0.29) is 0 Å². The Balaban J connectivity index is 2.61. The molecule has 0 saturated heterocycles. The molecule has 8 nitrogen and oxygen atoms in total. The van der Waals surface area contributed by atoms with Gasteiger partial charge < -0.3 is 18.9 Å². The SMILES string of the molecule is CC[C@H](C(=O)OC)n1nc(-c2cc(OC)c(OC)c(OC)c2)ccc1=O. The number of nitrogens with zero attached hydrogens (tertiary/aromatic N) is 2. The minimum Gasteiger partial charge on any atom is -0.493 e. The Bertz CT molecular complexity index is 821. The largest absolute Gasteiger partial charge is 0.493 e. The fourth-order valence-corrected chi connectivity index (χ4v) is 2.61. The maximum Gasteiger partial charge on any atom is 0.330 e. The monoisotopic (exact) mass is 362 g/mol. The Morgan fingerprint density at radius 3 is 2.15 bits per heavy atom. The summed E-state index contributed by atoms with van der Waals surface area (Å²) in [5, 5.41) is 4.34. The molecule has 2 rings (SSSR count). The zero-order chi connectivity index (χ0) is 19.3. The molecule has 26 heavy (non-hydrogen) atoms. The molecular weight excluding hydrogens is 340 g/mol. The zero-order valence-corrected chi connectivity index (χ0v) is 15.4. The van der Waals surface area contributed by atoms with Crippen molar-refractivity contribution in [3.8, 4) is 28.5 Å². The number of esters is 1. The van der Waals surface area contributed by atoms with Gasteiger partial charge in [0.1, 0.15) is 0 Å². The maximum atomic E-state index is 12.2. The third kappa shape index (κ3) is 3.63. The van der Waals surface area contributed by atoms with Crippen molar-refractivity contribution in [3.63, 3.8) is 0 Å². The van der Waals surface area contributed by atoms with Crippen LogP contribution in [-0.2, 0) is 9.53 Å². The highest BCUT2D eigenvalue weighted by Gasteiger charge is 2.22. The lowest BCUT2D eigenvalue weighted by Crippen LogP contribution is -2.32. The summed E-state index contributed by atoms with van der Waals surface area (Å²) in [6.07, 6.45) is 0.373. The molecule has 8 heteroatoms. The van der Waals surface area contributed by atoms with E-state index < -0.39 is 17.6 Å². The van der Waals surface area contributed by atoms with Crippen LogP contribution in [0.4, 0.5) is 0 Å². The molecule has 0 N–H and O–H groups in total. The van der Waals surface area contributed by atoms with Gasteiger partial charge >= 0.3 is 5.97 Å². The molecule has 1 aromatic heterocycles. The van der Waals surface area contributed by atoms with Gasteiger partial charge in [-0.05, 0) is 24.6 Å². The Morgan fingerprint density at radius 1 is 1.08 bits per heavy atom. The molecule has 0 saturated carbocycles. The van der Waals surface area contributed by atoms with E-state index in [4.69, 9.17) is 18.9 Å². The number of hydrogen-bond donors (Lipinski definition) is 0. The number of rotatable bonds is 7. The number of aromatic nitrogens is 2.